The number of hydrogen-bond donors (Lipinski definition) is 0. The van der Waals surface area contributed by atoms with Crippen molar-refractivity contribution >= 4 is 5.91 Å². The van der Waals surface area contributed by atoms with E-state index in [1.165, 1.54) is 11.1 Å². The van der Waals surface area contributed by atoms with Crippen molar-refractivity contribution in [1.29, 1.82) is 0 Å². The first-order valence-corrected chi connectivity index (χ1v) is 9.90. The zero-order valence-electron chi connectivity index (χ0n) is 15.9. The molecule has 4 heteroatoms. The molecule has 1 amide bonds. The van der Waals surface area contributed by atoms with E-state index in [1.807, 2.05) is 36.1 Å². The van der Waals surface area contributed by atoms with Crippen LogP contribution in [0.25, 0.3) is 0 Å². The maximum atomic E-state index is 13.7. The van der Waals surface area contributed by atoms with Crippen molar-refractivity contribution in [3.05, 3.63) is 65.2 Å². The second-order valence-corrected chi connectivity index (χ2v) is 7.40. The molecule has 2 aromatic carbocycles. The molecule has 2 aliphatic heterocycles. The predicted molar refractivity (Wildman–Crippen MR) is 105 cm³/mol. The minimum atomic E-state index is -0.464. The quantitative estimate of drug-likeness (QED) is 0.829. The van der Waals surface area contributed by atoms with Crippen molar-refractivity contribution in [3.63, 3.8) is 0 Å². The molecule has 0 atom stereocenters. The highest BCUT2D eigenvalue weighted by Crippen LogP contribution is 2.38. The van der Waals surface area contributed by atoms with Gasteiger partial charge < -0.3 is 14.4 Å². The summed E-state index contributed by atoms with van der Waals surface area (Å²) in [6.07, 6.45) is 2.39. The number of hydrogen-bond acceptors (Lipinski definition) is 3. The van der Waals surface area contributed by atoms with E-state index in [0.29, 0.717) is 26.4 Å². The van der Waals surface area contributed by atoms with Crippen molar-refractivity contribution in [2.45, 2.75) is 38.1 Å². The third kappa shape index (κ3) is 3.46. The van der Waals surface area contributed by atoms with Crippen molar-refractivity contribution in [3.8, 4) is 5.75 Å². The molecule has 1 fully saturated rings. The Balaban J connectivity index is 1.62. The van der Waals surface area contributed by atoms with Gasteiger partial charge in [0.25, 0.3) is 0 Å². The standard InChI is InChI=1S/C23H27NO3/c1-2-27-21-9-8-18-10-13-24(17-19(18)16-21)22(25)23(11-14-26-15-12-23)20-6-4-3-5-7-20/h3-9,16H,2,10-15,17H2,1H3. The highest BCUT2D eigenvalue weighted by atomic mass is 16.5. The van der Waals surface area contributed by atoms with Crippen LogP contribution in [-0.2, 0) is 27.9 Å². The minimum Gasteiger partial charge on any atom is -0.494 e. The first kappa shape index (κ1) is 18.1. The number of carbonyl (C=O) groups excluding carboxylic acids is 1. The Kier molecular flexibility index (Phi) is 5.17. The fraction of sp³-hybridized carbons (Fsp3) is 0.435. The van der Waals surface area contributed by atoms with Crippen LogP contribution >= 0.6 is 0 Å². The lowest BCUT2D eigenvalue weighted by molar-refractivity contribution is -0.142. The molecule has 0 radical (unpaired) electrons. The van der Waals surface area contributed by atoms with Gasteiger partial charge in [0.1, 0.15) is 5.75 Å². The summed E-state index contributed by atoms with van der Waals surface area (Å²) in [5.41, 5.74) is 3.18. The molecule has 27 heavy (non-hydrogen) atoms. The average Bonchev–Trinajstić information content (AvgIpc) is 2.74. The molecule has 4 rings (SSSR count). The van der Waals surface area contributed by atoms with Gasteiger partial charge in [-0.15, -0.1) is 0 Å². The number of benzene rings is 2. The molecule has 0 aromatic heterocycles. The van der Waals surface area contributed by atoms with Gasteiger partial charge in [-0.3, -0.25) is 4.79 Å². The van der Waals surface area contributed by atoms with Crippen molar-refractivity contribution < 1.29 is 14.3 Å². The first-order valence-electron chi connectivity index (χ1n) is 9.90. The van der Waals surface area contributed by atoms with Gasteiger partial charge in [-0.1, -0.05) is 36.4 Å². The SMILES string of the molecule is CCOc1ccc2c(c1)CN(C(=O)C1(c3ccccc3)CCOCC1)CC2. The molecule has 2 heterocycles. The molecule has 2 aromatic rings. The second-order valence-electron chi connectivity index (χ2n) is 7.40. The summed E-state index contributed by atoms with van der Waals surface area (Å²) in [7, 11) is 0. The van der Waals surface area contributed by atoms with E-state index in [9.17, 15) is 4.79 Å². The molecule has 142 valence electrons. The maximum Gasteiger partial charge on any atom is 0.233 e. The average molecular weight is 365 g/mol. The lowest BCUT2D eigenvalue weighted by Crippen LogP contribution is -2.51. The normalized spacial score (nSPS) is 18.6. The lowest BCUT2D eigenvalue weighted by atomic mass is 9.72. The van der Waals surface area contributed by atoms with E-state index in [-0.39, 0.29) is 5.91 Å². The number of ether oxygens (including phenoxy) is 2. The molecular weight excluding hydrogens is 338 g/mol. The molecule has 0 saturated carbocycles. The van der Waals surface area contributed by atoms with Gasteiger partial charge in [0.15, 0.2) is 0 Å². The monoisotopic (exact) mass is 365 g/mol. The number of fused-ring (bicyclic) bond motifs is 1. The molecule has 2 aliphatic rings. The van der Waals surface area contributed by atoms with Crippen LogP contribution in [0.4, 0.5) is 0 Å². The Hall–Kier alpha value is -2.33. The van der Waals surface area contributed by atoms with Gasteiger partial charge in [-0.05, 0) is 55.0 Å². The summed E-state index contributed by atoms with van der Waals surface area (Å²) in [6.45, 7) is 5.35. The van der Waals surface area contributed by atoms with E-state index in [2.05, 4.69) is 24.3 Å². The van der Waals surface area contributed by atoms with Crippen LogP contribution in [0, 0.1) is 0 Å². The van der Waals surface area contributed by atoms with Crippen molar-refractivity contribution in [2.24, 2.45) is 0 Å². The fourth-order valence-corrected chi connectivity index (χ4v) is 4.37. The molecule has 0 bridgehead atoms. The molecule has 4 nitrogen and oxygen atoms in total. The van der Waals surface area contributed by atoms with E-state index in [1.54, 1.807) is 0 Å². The zero-order valence-corrected chi connectivity index (χ0v) is 15.9. The van der Waals surface area contributed by atoms with Crippen molar-refractivity contribution in [2.75, 3.05) is 26.4 Å². The second kappa shape index (κ2) is 7.73. The number of carbonyl (C=O) groups is 1. The topological polar surface area (TPSA) is 38.8 Å². The smallest absolute Gasteiger partial charge is 0.233 e. The van der Waals surface area contributed by atoms with Crippen LogP contribution in [0.3, 0.4) is 0 Å². The van der Waals surface area contributed by atoms with Gasteiger partial charge in [0.05, 0.1) is 12.0 Å². The van der Waals surface area contributed by atoms with E-state index < -0.39 is 5.41 Å². The van der Waals surface area contributed by atoms with E-state index in [0.717, 1.165) is 37.1 Å². The third-order valence-corrected chi connectivity index (χ3v) is 5.87. The van der Waals surface area contributed by atoms with E-state index >= 15 is 0 Å². The summed E-state index contributed by atoms with van der Waals surface area (Å²) in [6, 6.07) is 16.5. The summed E-state index contributed by atoms with van der Waals surface area (Å²) in [5, 5.41) is 0. The summed E-state index contributed by atoms with van der Waals surface area (Å²) in [5.74, 6) is 1.12. The van der Waals surface area contributed by atoms with Crippen LogP contribution in [-0.4, -0.2) is 37.2 Å². The van der Waals surface area contributed by atoms with Gasteiger partial charge in [0.2, 0.25) is 5.91 Å². The zero-order chi connectivity index (χ0) is 18.7. The minimum absolute atomic E-state index is 0.240. The van der Waals surface area contributed by atoms with Gasteiger partial charge in [-0.25, -0.2) is 0 Å². The Morgan fingerprint density at radius 2 is 1.89 bits per heavy atom. The summed E-state index contributed by atoms with van der Waals surface area (Å²) in [4.78, 5) is 15.8. The van der Waals surface area contributed by atoms with E-state index in [4.69, 9.17) is 9.47 Å². The van der Waals surface area contributed by atoms with Crippen LogP contribution in [0.2, 0.25) is 0 Å². The van der Waals surface area contributed by atoms with Crippen LogP contribution in [0.15, 0.2) is 48.5 Å². The predicted octanol–water partition coefficient (Wildman–Crippen LogP) is 3.72. The lowest BCUT2D eigenvalue weighted by Gasteiger charge is -2.41. The molecule has 0 spiro atoms. The Morgan fingerprint density at radius 3 is 2.63 bits per heavy atom. The molecule has 0 aliphatic carbocycles. The highest BCUT2D eigenvalue weighted by molar-refractivity contribution is 5.88. The molecule has 1 saturated heterocycles. The fourth-order valence-electron chi connectivity index (χ4n) is 4.37. The number of rotatable bonds is 4. The Bertz CT molecular complexity index is 797. The Morgan fingerprint density at radius 1 is 1.11 bits per heavy atom. The van der Waals surface area contributed by atoms with Gasteiger partial charge >= 0.3 is 0 Å². The first-order chi connectivity index (χ1) is 13.2. The third-order valence-electron chi connectivity index (χ3n) is 5.87. The summed E-state index contributed by atoms with van der Waals surface area (Å²) >= 11 is 0. The van der Waals surface area contributed by atoms with Crippen LogP contribution in [0.1, 0.15) is 36.5 Å². The summed E-state index contributed by atoms with van der Waals surface area (Å²) < 4.78 is 11.2. The number of amides is 1. The highest BCUT2D eigenvalue weighted by Gasteiger charge is 2.44. The number of nitrogens with zero attached hydrogens (tertiary/aromatic N) is 1. The largest absolute Gasteiger partial charge is 0.494 e. The van der Waals surface area contributed by atoms with Crippen molar-refractivity contribution in [1.82, 2.24) is 4.90 Å². The molecular formula is C23H27NO3. The molecule has 0 N–H and O–H groups in total. The van der Waals surface area contributed by atoms with Gasteiger partial charge in [-0.2, -0.15) is 0 Å². The van der Waals surface area contributed by atoms with Gasteiger partial charge in [0, 0.05) is 26.3 Å². The van der Waals surface area contributed by atoms with Crippen LogP contribution < -0.4 is 4.74 Å². The van der Waals surface area contributed by atoms with Crippen LogP contribution in [0.5, 0.6) is 5.75 Å². The molecule has 0 unspecified atom stereocenters. The maximum absolute atomic E-state index is 13.7. The Labute approximate surface area is 161 Å².